The molecule has 0 aliphatic heterocycles. The number of hydrogen-bond acceptors (Lipinski definition) is 4. The van der Waals surface area contributed by atoms with Crippen molar-refractivity contribution in [2.75, 3.05) is 26.3 Å². The quantitative estimate of drug-likeness (QED) is 0.430. The molecule has 7 heteroatoms. The summed E-state index contributed by atoms with van der Waals surface area (Å²) < 4.78 is 24.0. The molecule has 152 valence electrons. The molecular weight excluding hydrogens is 361 g/mol. The first kappa shape index (κ1) is 21.5. The highest BCUT2D eigenvalue weighted by molar-refractivity contribution is 5.79. The molecule has 0 aliphatic carbocycles. The van der Waals surface area contributed by atoms with E-state index in [0.717, 1.165) is 11.3 Å². The van der Waals surface area contributed by atoms with Crippen LogP contribution < -0.4 is 20.1 Å². The van der Waals surface area contributed by atoms with Gasteiger partial charge in [0.1, 0.15) is 30.0 Å². The van der Waals surface area contributed by atoms with Crippen molar-refractivity contribution in [2.45, 2.75) is 26.5 Å². The molecule has 2 aromatic rings. The second-order valence-corrected chi connectivity index (χ2v) is 6.04. The first-order valence-corrected chi connectivity index (χ1v) is 9.41. The van der Waals surface area contributed by atoms with Crippen LogP contribution in [0.5, 0.6) is 11.5 Å². The molecule has 6 nitrogen and oxygen atoms in total. The maximum Gasteiger partial charge on any atom is 0.191 e. The molecular formula is C21H28FN3O3. The van der Waals surface area contributed by atoms with Crippen molar-refractivity contribution < 1.29 is 19.0 Å². The fourth-order valence-corrected chi connectivity index (χ4v) is 2.43. The maximum atomic E-state index is 12.9. The summed E-state index contributed by atoms with van der Waals surface area (Å²) in [5, 5.41) is 16.4. The molecule has 0 saturated heterocycles. The number of guanidine groups is 1. The Morgan fingerprint density at radius 2 is 1.82 bits per heavy atom. The minimum Gasteiger partial charge on any atom is -0.494 e. The smallest absolute Gasteiger partial charge is 0.191 e. The van der Waals surface area contributed by atoms with Crippen LogP contribution in [0.4, 0.5) is 4.39 Å². The predicted molar refractivity (Wildman–Crippen MR) is 108 cm³/mol. The van der Waals surface area contributed by atoms with Crippen LogP contribution >= 0.6 is 0 Å². The lowest BCUT2D eigenvalue weighted by atomic mass is 10.2. The number of halogens is 1. The Hall–Kier alpha value is -2.80. The molecule has 0 bridgehead atoms. The Morgan fingerprint density at radius 1 is 1.07 bits per heavy atom. The molecule has 0 amide bonds. The molecule has 0 aromatic heterocycles. The second kappa shape index (κ2) is 11.8. The van der Waals surface area contributed by atoms with Gasteiger partial charge in [-0.05, 0) is 44.2 Å². The predicted octanol–water partition coefficient (Wildman–Crippen LogP) is 2.72. The number of aliphatic hydroxyl groups is 1. The van der Waals surface area contributed by atoms with E-state index in [-0.39, 0.29) is 19.0 Å². The van der Waals surface area contributed by atoms with Crippen LogP contribution in [-0.2, 0) is 6.54 Å². The number of nitrogens with zero attached hydrogens (tertiary/aromatic N) is 1. The van der Waals surface area contributed by atoms with Gasteiger partial charge in [0, 0.05) is 18.7 Å². The van der Waals surface area contributed by atoms with Gasteiger partial charge < -0.3 is 25.2 Å². The SMILES string of the molecule is CCNC(=NCc1ccccc1OCC)NCC(O)COc1ccc(F)cc1. The second-order valence-electron chi connectivity index (χ2n) is 6.04. The molecule has 2 rings (SSSR count). The largest absolute Gasteiger partial charge is 0.494 e. The highest BCUT2D eigenvalue weighted by Gasteiger charge is 2.08. The molecule has 0 spiro atoms. The summed E-state index contributed by atoms with van der Waals surface area (Å²) in [7, 11) is 0. The van der Waals surface area contributed by atoms with Crippen molar-refractivity contribution >= 4 is 5.96 Å². The first-order chi connectivity index (χ1) is 13.6. The summed E-state index contributed by atoms with van der Waals surface area (Å²) in [5.41, 5.74) is 0.988. The van der Waals surface area contributed by atoms with Crippen LogP contribution in [0.2, 0.25) is 0 Å². The summed E-state index contributed by atoms with van der Waals surface area (Å²) in [6.07, 6.45) is -0.746. The van der Waals surface area contributed by atoms with Gasteiger partial charge in [-0.1, -0.05) is 18.2 Å². The number of ether oxygens (including phenoxy) is 2. The van der Waals surface area contributed by atoms with Crippen molar-refractivity contribution in [3.63, 3.8) is 0 Å². The van der Waals surface area contributed by atoms with Crippen LogP contribution in [0.3, 0.4) is 0 Å². The summed E-state index contributed by atoms with van der Waals surface area (Å²) in [6, 6.07) is 13.5. The highest BCUT2D eigenvalue weighted by atomic mass is 19.1. The van der Waals surface area contributed by atoms with Gasteiger partial charge >= 0.3 is 0 Å². The van der Waals surface area contributed by atoms with E-state index in [2.05, 4.69) is 15.6 Å². The number of benzene rings is 2. The Labute approximate surface area is 165 Å². The Morgan fingerprint density at radius 3 is 2.54 bits per heavy atom. The van der Waals surface area contributed by atoms with E-state index in [1.165, 1.54) is 24.3 Å². The topological polar surface area (TPSA) is 75.1 Å². The van der Waals surface area contributed by atoms with E-state index in [1.54, 1.807) is 0 Å². The molecule has 0 fully saturated rings. The molecule has 28 heavy (non-hydrogen) atoms. The lowest BCUT2D eigenvalue weighted by molar-refractivity contribution is 0.110. The Bertz CT molecular complexity index is 738. The van der Waals surface area contributed by atoms with E-state index in [4.69, 9.17) is 9.47 Å². The van der Waals surface area contributed by atoms with Gasteiger partial charge in [0.2, 0.25) is 0 Å². The summed E-state index contributed by atoms with van der Waals surface area (Å²) in [6.45, 7) is 6.01. The van der Waals surface area contributed by atoms with Crippen molar-refractivity contribution in [1.29, 1.82) is 0 Å². The number of para-hydroxylation sites is 1. The molecule has 0 heterocycles. The number of aliphatic imine (C=N–C) groups is 1. The van der Waals surface area contributed by atoms with Gasteiger partial charge in [0.05, 0.1) is 13.2 Å². The van der Waals surface area contributed by atoms with E-state index >= 15 is 0 Å². The lowest BCUT2D eigenvalue weighted by Crippen LogP contribution is -2.42. The number of nitrogens with one attached hydrogen (secondary N) is 2. The first-order valence-electron chi connectivity index (χ1n) is 9.41. The Balaban J connectivity index is 1.85. The molecule has 0 aliphatic rings. The van der Waals surface area contributed by atoms with E-state index < -0.39 is 6.10 Å². The Kier molecular flexibility index (Phi) is 9.07. The van der Waals surface area contributed by atoms with Gasteiger partial charge in [-0.2, -0.15) is 0 Å². The van der Waals surface area contributed by atoms with Crippen LogP contribution in [0, 0.1) is 5.82 Å². The lowest BCUT2D eigenvalue weighted by Gasteiger charge is -2.16. The fourth-order valence-electron chi connectivity index (χ4n) is 2.43. The molecule has 0 radical (unpaired) electrons. The van der Waals surface area contributed by atoms with Crippen LogP contribution in [0.15, 0.2) is 53.5 Å². The monoisotopic (exact) mass is 389 g/mol. The summed E-state index contributed by atoms with van der Waals surface area (Å²) in [5.74, 6) is 1.59. The van der Waals surface area contributed by atoms with Crippen molar-refractivity contribution in [3.8, 4) is 11.5 Å². The minimum atomic E-state index is -0.746. The van der Waals surface area contributed by atoms with E-state index in [9.17, 15) is 9.50 Å². The third kappa shape index (κ3) is 7.44. The zero-order chi connectivity index (χ0) is 20.2. The normalized spacial score (nSPS) is 12.4. The molecule has 0 saturated carbocycles. The standard InChI is InChI=1S/C21H28FN3O3/c1-3-23-21(24-13-16-7-5-6-8-20(16)27-4-2)25-14-18(26)15-28-19-11-9-17(22)10-12-19/h5-12,18,26H,3-4,13-15H2,1-2H3,(H2,23,24,25). The molecule has 2 aromatic carbocycles. The molecule has 1 atom stereocenters. The van der Waals surface area contributed by atoms with E-state index in [0.29, 0.717) is 31.4 Å². The summed E-state index contributed by atoms with van der Waals surface area (Å²) >= 11 is 0. The number of hydrogen-bond donors (Lipinski definition) is 3. The average Bonchev–Trinajstić information content (AvgIpc) is 2.71. The third-order valence-corrected chi connectivity index (χ3v) is 3.79. The van der Waals surface area contributed by atoms with Gasteiger partial charge in [0.15, 0.2) is 5.96 Å². The van der Waals surface area contributed by atoms with Crippen molar-refractivity contribution in [3.05, 3.63) is 59.9 Å². The van der Waals surface area contributed by atoms with Crippen LogP contribution in [0.1, 0.15) is 19.4 Å². The molecule has 3 N–H and O–H groups in total. The fraction of sp³-hybridized carbons (Fsp3) is 0.381. The number of aliphatic hydroxyl groups excluding tert-OH is 1. The van der Waals surface area contributed by atoms with Gasteiger partial charge in [-0.15, -0.1) is 0 Å². The summed E-state index contributed by atoms with van der Waals surface area (Å²) in [4.78, 5) is 4.55. The van der Waals surface area contributed by atoms with Gasteiger partial charge in [-0.25, -0.2) is 9.38 Å². The zero-order valence-electron chi connectivity index (χ0n) is 16.3. The van der Waals surface area contributed by atoms with Crippen molar-refractivity contribution in [1.82, 2.24) is 10.6 Å². The van der Waals surface area contributed by atoms with Crippen LogP contribution in [0.25, 0.3) is 0 Å². The van der Waals surface area contributed by atoms with Gasteiger partial charge in [-0.3, -0.25) is 0 Å². The average molecular weight is 389 g/mol. The number of rotatable bonds is 10. The van der Waals surface area contributed by atoms with E-state index in [1.807, 2.05) is 38.1 Å². The van der Waals surface area contributed by atoms with Crippen molar-refractivity contribution in [2.24, 2.45) is 4.99 Å². The highest BCUT2D eigenvalue weighted by Crippen LogP contribution is 2.18. The third-order valence-electron chi connectivity index (χ3n) is 3.79. The zero-order valence-corrected chi connectivity index (χ0v) is 16.3. The maximum absolute atomic E-state index is 12.9. The van der Waals surface area contributed by atoms with Gasteiger partial charge in [0.25, 0.3) is 0 Å². The minimum absolute atomic E-state index is 0.0885. The van der Waals surface area contributed by atoms with Crippen LogP contribution in [-0.4, -0.2) is 43.5 Å². The molecule has 1 unspecified atom stereocenters.